The minimum absolute atomic E-state index is 0.319. The van der Waals surface area contributed by atoms with Crippen molar-refractivity contribution in [3.63, 3.8) is 0 Å². The van der Waals surface area contributed by atoms with Gasteiger partial charge in [0, 0.05) is 30.8 Å². The summed E-state index contributed by atoms with van der Waals surface area (Å²) in [5.74, 6) is 1.69. The zero-order chi connectivity index (χ0) is 21.5. The number of hydrogen-bond acceptors (Lipinski definition) is 4. The number of fused-ring (bicyclic) bond motifs is 1. The molecule has 2 N–H and O–H groups in total. The second kappa shape index (κ2) is 10.9. The van der Waals surface area contributed by atoms with Crippen LogP contribution in [0.5, 0.6) is 5.75 Å². The van der Waals surface area contributed by atoms with Gasteiger partial charge in [0.1, 0.15) is 5.75 Å². The Morgan fingerprint density at radius 2 is 1.73 bits per heavy atom. The quantitative estimate of drug-likeness (QED) is 0.640. The Labute approximate surface area is 181 Å². The highest BCUT2D eigenvalue weighted by Crippen LogP contribution is 2.31. The Bertz CT molecular complexity index is 827. The molecule has 0 bridgehead atoms. The van der Waals surface area contributed by atoms with Crippen LogP contribution in [0.4, 0.5) is 0 Å². The zero-order valence-corrected chi connectivity index (χ0v) is 18.9. The van der Waals surface area contributed by atoms with Crippen LogP contribution in [0.1, 0.15) is 57.9 Å². The standard InChI is InChI=1S/C24H32N2O2.C2H6/c1-28-23-11-8-18-13-20(7-6-19(18)14-23)24(25)21-3-2-12-26(15-21)22-9-4-17(16-27)5-10-22;1-2/h6-8,11,13-14,17,21-22,25,27H,2-5,9-10,12,15-16H2,1H3;1-2H3. The van der Waals surface area contributed by atoms with E-state index in [1.807, 2.05) is 26.0 Å². The van der Waals surface area contributed by atoms with Crippen LogP contribution in [0.25, 0.3) is 10.8 Å². The molecule has 2 aromatic rings. The first-order valence-corrected chi connectivity index (χ1v) is 11.7. The van der Waals surface area contributed by atoms with Crippen LogP contribution < -0.4 is 4.74 Å². The van der Waals surface area contributed by atoms with Crippen molar-refractivity contribution in [2.45, 2.75) is 58.4 Å². The van der Waals surface area contributed by atoms with Crippen molar-refractivity contribution in [3.05, 3.63) is 42.0 Å². The van der Waals surface area contributed by atoms with Gasteiger partial charge in [0.05, 0.1) is 7.11 Å². The smallest absolute Gasteiger partial charge is 0.119 e. The minimum atomic E-state index is 0.319. The van der Waals surface area contributed by atoms with Crippen molar-refractivity contribution < 1.29 is 9.84 Å². The van der Waals surface area contributed by atoms with Crippen molar-refractivity contribution in [2.24, 2.45) is 11.8 Å². The molecular formula is C26H38N2O2. The fraction of sp³-hybridized carbons (Fsp3) is 0.577. The Hall–Kier alpha value is -1.91. The lowest BCUT2D eigenvalue weighted by Gasteiger charge is -2.41. The van der Waals surface area contributed by atoms with E-state index in [4.69, 9.17) is 10.1 Å². The summed E-state index contributed by atoms with van der Waals surface area (Å²) in [6, 6.07) is 13.1. The predicted octanol–water partition coefficient (Wildman–Crippen LogP) is 5.51. The minimum Gasteiger partial charge on any atom is -0.497 e. The summed E-state index contributed by atoms with van der Waals surface area (Å²) in [4.78, 5) is 2.63. The van der Waals surface area contributed by atoms with E-state index in [0.29, 0.717) is 24.5 Å². The first kappa shape index (κ1) is 22.8. The van der Waals surface area contributed by atoms with Gasteiger partial charge in [0.25, 0.3) is 0 Å². The summed E-state index contributed by atoms with van der Waals surface area (Å²) in [5.41, 5.74) is 1.83. The van der Waals surface area contributed by atoms with Gasteiger partial charge in [-0.3, -0.25) is 4.90 Å². The molecule has 4 nitrogen and oxygen atoms in total. The molecule has 1 saturated heterocycles. The van der Waals surface area contributed by atoms with Gasteiger partial charge in [0.15, 0.2) is 0 Å². The highest BCUT2D eigenvalue weighted by atomic mass is 16.5. The molecule has 0 aromatic heterocycles. The number of nitrogens with one attached hydrogen (secondary N) is 1. The lowest BCUT2D eigenvalue weighted by molar-refractivity contribution is 0.0867. The second-order valence-electron chi connectivity index (χ2n) is 8.53. The molecule has 4 rings (SSSR count). The van der Waals surface area contributed by atoms with Crippen LogP contribution in [-0.4, -0.2) is 48.6 Å². The first-order valence-electron chi connectivity index (χ1n) is 11.7. The molecule has 4 heteroatoms. The zero-order valence-electron chi connectivity index (χ0n) is 18.9. The molecule has 164 valence electrons. The topological polar surface area (TPSA) is 56.5 Å². The van der Waals surface area contributed by atoms with E-state index >= 15 is 0 Å². The number of aliphatic hydroxyl groups is 1. The molecule has 1 unspecified atom stereocenters. The first-order chi connectivity index (χ1) is 14.7. The van der Waals surface area contributed by atoms with E-state index in [9.17, 15) is 5.11 Å². The van der Waals surface area contributed by atoms with E-state index in [1.54, 1.807) is 7.11 Å². The Morgan fingerprint density at radius 1 is 1.03 bits per heavy atom. The number of hydrogen-bond donors (Lipinski definition) is 2. The number of rotatable bonds is 5. The molecule has 1 heterocycles. The number of benzene rings is 2. The Balaban J connectivity index is 0.00000124. The van der Waals surface area contributed by atoms with Crippen LogP contribution in [0.3, 0.4) is 0 Å². The van der Waals surface area contributed by atoms with Gasteiger partial charge in [-0.1, -0.05) is 32.0 Å². The van der Waals surface area contributed by atoms with Crippen molar-refractivity contribution in [3.8, 4) is 5.75 Å². The van der Waals surface area contributed by atoms with Crippen molar-refractivity contribution in [1.29, 1.82) is 5.41 Å². The van der Waals surface area contributed by atoms with Gasteiger partial charge in [-0.05, 0) is 85.5 Å². The maximum atomic E-state index is 9.38. The third kappa shape index (κ3) is 5.22. The normalized spacial score (nSPS) is 24.7. The summed E-state index contributed by atoms with van der Waals surface area (Å²) < 4.78 is 5.32. The molecule has 0 spiro atoms. The van der Waals surface area contributed by atoms with E-state index in [-0.39, 0.29) is 0 Å². The van der Waals surface area contributed by atoms with Crippen LogP contribution in [0.2, 0.25) is 0 Å². The third-order valence-electron chi connectivity index (χ3n) is 6.81. The highest BCUT2D eigenvalue weighted by molar-refractivity contribution is 6.03. The lowest BCUT2D eigenvalue weighted by Crippen LogP contribution is -2.46. The molecule has 2 aliphatic rings. The summed E-state index contributed by atoms with van der Waals surface area (Å²) in [7, 11) is 1.69. The number of methoxy groups -OCH3 is 1. The van der Waals surface area contributed by atoms with Crippen LogP contribution in [0, 0.1) is 17.2 Å². The number of ether oxygens (including phenoxy) is 1. The number of likely N-dealkylation sites (tertiary alicyclic amines) is 1. The van der Waals surface area contributed by atoms with Crippen LogP contribution >= 0.6 is 0 Å². The van der Waals surface area contributed by atoms with Crippen molar-refractivity contribution >= 4 is 16.5 Å². The van der Waals surface area contributed by atoms with E-state index < -0.39 is 0 Å². The number of aliphatic hydroxyl groups excluding tert-OH is 1. The van der Waals surface area contributed by atoms with E-state index in [0.717, 1.165) is 60.1 Å². The van der Waals surface area contributed by atoms with E-state index in [2.05, 4.69) is 29.2 Å². The maximum absolute atomic E-state index is 9.38. The predicted molar refractivity (Wildman–Crippen MR) is 126 cm³/mol. The number of piperidine rings is 1. The molecule has 1 atom stereocenters. The summed E-state index contributed by atoms with van der Waals surface area (Å²) >= 11 is 0. The van der Waals surface area contributed by atoms with Gasteiger partial charge in [-0.25, -0.2) is 0 Å². The largest absolute Gasteiger partial charge is 0.497 e. The summed E-state index contributed by atoms with van der Waals surface area (Å²) in [5, 5.41) is 20.6. The fourth-order valence-electron chi connectivity index (χ4n) is 5.02. The van der Waals surface area contributed by atoms with Gasteiger partial charge in [-0.15, -0.1) is 0 Å². The average Bonchev–Trinajstić information content (AvgIpc) is 2.84. The second-order valence-corrected chi connectivity index (χ2v) is 8.53. The molecule has 2 fully saturated rings. The SMILES string of the molecule is CC.COc1ccc2cc(C(=N)C3CCCN(C4CCC(CO)CC4)C3)ccc2c1. The molecule has 0 amide bonds. The van der Waals surface area contributed by atoms with Gasteiger partial charge < -0.3 is 15.3 Å². The summed E-state index contributed by atoms with van der Waals surface area (Å²) in [6.45, 7) is 6.51. The lowest BCUT2D eigenvalue weighted by atomic mass is 9.83. The Kier molecular flexibility index (Phi) is 8.29. The maximum Gasteiger partial charge on any atom is 0.119 e. The monoisotopic (exact) mass is 410 g/mol. The fourth-order valence-corrected chi connectivity index (χ4v) is 5.02. The van der Waals surface area contributed by atoms with E-state index in [1.165, 1.54) is 19.3 Å². The molecule has 1 saturated carbocycles. The molecule has 0 radical (unpaired) electrons. The van der Waals surface area contributed by atoms with Crippen LogP contribution in [0.15, 0.2) is 36.4 Å². The van der Waals surface area contributed by atoms with Gasteiger partial charge in [0.2, 0.25) is 0 Å². The molecule has 2 aromatic carbocycles. The van der Waals surface area contributed by atoms with Crippen molar-refractivity contribution in [2.75, 3.05) is 26.8 Å². The highest BCUT2D eigenvalue weighted by Gasteiger charge is 2.31. The molecular weight excluding hydrogens is 372 g/mol. The van der Waals surface area contributed by atoms with Crippen LogP contribution in [-0.2, 0) is 0 Å². The van der Waals surface area contributed by atoms with Gasteiger partial charge >= 0.3 is 0 Å². The third-order valence-corrected chi connectivity index (χ3v) is 6.81. The van der Waals surface area contributed by atoms with Crippen molar-refractivity contribution in [1.82, 2.24) is 4.90 Å². The van der Waals surface area contributed by atoms with Gasteiger partial charge in [-0.2, -0.15) is 0 Å². The average molecular weight is 411 g/mol. The molecule has 1 aliphatic carbocycles. The Morgan fingerprint density at radius 3 is 2.43 bits per heavy atom. The summed E-state index contributed by atoms with van der Waals surface area (Å²) in [6.07, 6.45) is 6.98. The molecule has 1 aliphatic heterocycles. The molecule has 30 heavy (non-hydrogen) atoms. The number of nitrogens with zero attached hydrogens (tertiary/aromatic N) is 1.